The second-order valence-electron chi connectivity index (χ2n) is 11.6. The molecule has 0 N–H and O–H groups in total. The van der Waals surface area contributed by atoms with Gasteiger partial charge in [0.25, 0.3) is 0 Å². The van der Waals surface area contributed by atoms with Crippen LogP contribution in [0.25, 0.3) is 16.8 Å². The van der Waals surface area contributed by atoms with Crippen molar-refractivity contribution >= 4 is 11.6 Å². The first-order valence-corrected chi connectivity index (χ1v) is 12.5. The van der Waals surface area contributed by atoms with Gasteiger partial charge in [0.2, 0.25) is 5.69 Å². The third-order valence-corrected chi connectivity index (χ3v) is 7.45. The molecule has 0 saturated carbocycles. The lowest BCUT2D eigenvalue weighted by molar-refractivity contribution is -0.615. The van der Waals surface area contributed by atoms with Gasteiger partial charge >= 0.3 is 0 Å². The van der Waals surface area contributed by atoms with Crippen LogP contribution in [-0.4, -0.2) is 25.8 Å². The van der Waals surface area contributed by atoms with Crippen molar-refractivity contribution in [1.82, 2.24) is 0 Å². The number of nitrogens with zero attached hydrogens (tertiary/aromatic N) is 1. The molecule has 1 heterocycles. The first kappa shape index (κ1) is 26.9. The highest BCUT2D eigenvalue weighted by Gasteiger charge is 2.47. The van der Waals surface area contributed by atoms with Gasteiger partial charge in [-0.15, -0.1) is 0 Å². The predicted molar refractivity (Wildman–Crippen MR) is 139 cm³/mol. The van der Waals surface area contributed by atoms with E-state index in [9.17, 15) is 9.59 Å². The molecule has 6 heteroatoms. The van der Waals surface area contributed by atoms with Gasteiger partial charge in [-0.25, -0.2) is 0 Å². The molecule has 2 aromatic carbocycles. The van der Waals surface area contributed by atoms with Gasteiger partial charge in [-0.2, -0.15) is 4.57 Å². The summed E-state index contributed by atoms with van der Waals surface area (Å²) in [5.41, 5.74) is 5.32. The van der Waals surface area contributed by atoms with Crippen molar-refractivity contribution in [2.75, 3.05) is 14.2 Å². The molecule has 0 spiro atoms. The molecule has 2 aliphatic carbocycles. The molecule has 0 radical (unpaired) electrons. The Morgan fingerprint density at radius 2 is 1.19 bits per heavy atom. The first-order valence-electron chi connectivity index (χ1n) is 12.5. The summed E-state index contributed by atoms with van der Waals surface area (Å²) in [7, 11) is 3.28. The molecule has 0 aliphatic heterocycles. The van der Waals surface area contributed by atoms with E-state index in [1.807, 2.05) is 48.5 Å². The van der Waals surface area contributed by atoms with E-state index in [2.05, 4.69) is 32.3 Å². The number of ether oxygens (including phenoxy) is 2. The zero-order chi connectivity index (χ0) is 25.8. The molecule has 0 atom stereocenters. The van der Waals surface area contributed by atoms with Gasteiger partial charge in [0.1, 0.15) is 11.5 Å². The number of halogens is 1. The summed E-state index contributed by atoms with van der Waals surface area (Å²) >= 11 is 0. The monoisotopic (exact) mass is 519 g/mol. The standard InChI is InChI=1S/C31H34NO4.ClH/c1-30(2)15-22-28(24(33)17-30)27(21-9-7-8-10-26(21)36-6)29-23(16-31(3,4)18-25(29)34)32(22)19-11-13-20(35-5)14-12-19;/h7-14H,15-18H2,1-6H3;1H/q+1;/p-1. The number of carbonyl (C=O) groups is 2. The highest BCUT2D eigenvalue weighted by molar-refractivity contribution is 6.12. The number of methoxy groups -OCH3 is 2. The molecular weight excluding hydrogens is 486 g/mol. The minimum absolute atomic E-state index is 0. The van der Waals surface area contributed by atoms with Crippen molar-refractivity contribution < 1.29 is 36.0 Å². The molecule has 194 valence electrons. The SMILES string of the molecule is COc1ccc(-[n+]2c3c(c(-c4ccccc4OC)c4c2CC(C)(C)CC4=O)C(=O)CC(C)(C)C3)cc1.[Cl-]. The van der Waals surface area contributed by atoms with Crippen molar-refractivity contribution in [3.05, 3.63) is 71.0 Å². The zero-order valence-corrected chi connectivity index (χ0v) is 23.2. The Labute approximate surface area is 225 Å². The van der Waals surface area contributed by atoms with Crippen LogP contribution >= 0.6 is 0 Å². The molecule has 5 rings (SSSR count). The summed E-state index contributed by atoms with van der Waals surface area (Å²) in [5, 5.41) is 0. The molecule has 0 saturated heterocycles. The largest absolute Gasteiger partial charge is 1.00 e. The maximum atomic E-state index is 13.9. The van der Waals surface area contributed by atoms with Crippen LogP contribution < -0.4 is 26.4 Å². The van der Waals surface area contributed by atoms with Crippen LogP contribution in [-0.2, 0) is 12.8 Å². The van der Waals surface area contributed by atoms with Gasteiger partial charge in [-0.05, 0) is 29.0 Å². The fraction of sp³-hybridized carbons (Fsp3) is 0.387. The number of carbonyl (C=O) groups excluding carboxylic acids is 2. The molecule has 1 aromatic heterocycles. The van der Waals surface area contributed by atoms with Crippen molar-refractivity contribution in [3.63, 3.8) is 0 Å². The van der Waals surface area contributed by atoms with Gasteiger partial charge in [-0.3, -0.25) is 9.59 Å². The summed E-state index contributed by atoms with van der Waals surface area (Å²) in [4.78, 5) is 27.8. The minimum Gasteiger partial charge on any atom is -1.00 e. The second-order valence-corrected chi connectivity index (χ2v) is 11.6. The Morgan fingerprint density at radius 3 is 1.68 bits per heavy atom. The smallest absolute Gasteiger partial charge is 0.211 e. The Morgan fingerprint density at radius 1 is 0.676 bits per heavy atom. The van der Waals surface area contributed by atoms with E-state index in [-0.39, 0.29) is 34.8 Å². The molecule has 0 fully saturated rings. The highest BCUT2D eigenvalue weighted by atomic mass is 35.5. The number of Topliss-reactive ketones (excluding diaryl/α,β-unsaturated/α-hetero) is 2. The number of hydrogen-bond donors (Lipinski definition) is 0. The van der Waals surface area contributed by atoms with E-state index in [1.165, 1.54) is 0 Å². The van der Waals surface area contributed by atoms with Crippen LogP contribution in [0, 0.1) is 10.8 Å². The average Bonchev–Trinajstić information content (AvgIpc) is 2.81. The van der Waals surface area contributed by atoms with Crippen LogP contribution in [0.5, 0.6) is 11.5 Å². The molecule has 2 aliphatic rings. The molecule has 5 nitrogen and oxygen atoms in total. The third-order valence-electron chi connectivity index (χ3n) is 7.45. The number of para-hydroxylation sites is 1. The Hall–Kier alpha value is -3.18. The van der Waals surface area contributed by atoms with E-state index in [1.54, 1.807) is 14.2 Å². The predicted octanol–water partition coefficient (Wildman–Crippen LogP) is 2.96. The Kier molecular flexibility index (Phi) is 6.98. The molecule has 0 bridgehead atoms. The zero-order valence-electron chi connectivity index (χ0n) is 22.4. The van der Waals surface area contributed by atoms with E-state index >= 15 is 0 Å². The number of ketones is 2. The van der Waals surface area contributed by atoms with Crippen LogP contribution in [0.15, 0.2) is 48.5 Å². The molecule has 37 heavy (non-hydrogen) atoms. The lowest BCUT2D eigenvalue weighted by atomic mass is 9.69. The Balaban J connectivity index is 0.00000320. The lowest BCUT2D eigenvalue weighted by Crippen LogP contribution is -3.00. The summed E-state index contributed by atoms with van der Waals surface area (Å²) in [6.07, 6.45) is 2.32. The van der Waals surface area contributed by atoms with Crippen LogP contribution in [0.2, 0.25) is 0 Å². The third kappa shape index (κ3) is 4.66. The maximum Gasteiger partial charge on any atom is 0.211 e. The maximum absolute atomic E-state index is 13.9. The van der Waals surface area contributed by atoms with Crippen LogP contribution in [0.3, 0.4) is 0 Å². The van der Waals surface area contributed by atoms with Crippen molar-refractivity contribution in [2.24, 2.45) is 10.8 Å². The number of hydrogen-bond acceptors (Lipinski definition) is 4. The van der Waals surface area contributed by atoms with Gasteiger partial charge in [-0.1, -0.05) is 45.9 Å². The molecule has 0 amide bonds. The second kappa shape index (κ2) is 9.60. The van der Waals surface area contributed by atoms with Crippen LogP contribution in [0.1, 0.15) is 72.6 Å². The summed E-state index contributed by atoms with van der Waals surface area (Å²) < 4.78 is 13.3. The van der Waals surface area contributed by atoms with E-state index in [0.717, 1.165) is 46.8 Å². The molecule has 0 unspecified atom stereocenters. The van der Waals surface area contributed by atoms with E-state index in [0.29, 0.717) is 29.7 Å². The number of aromatic nitrogens is 1. The minimum atomic E-state index is -0.196. The summed E-state index contributed by atoms with van der Waals surface area (Å²) in [6.45, 7) is 8.57. The van der Waals surface area contributed by atoms with Crippen LogP contribution in [0.4, 0.5) is 0 Å². The Bertz CT molecular complexity index is 1330. The van der Waals surface area contributed by atoms with Crippen molar-refractivity contribution in [2.45, 2.75) is 53.4 Å². The topological polar surface area (TPSA) is 56.5 Å². The van der Waals surface area contributed by atoms with Crippen molar-refractivity contribution in [3.8, 4) is 28.3 Å². The van der Waals surface area contributed by atoms with Gasteiger partial charge in [0.15, 0.2) is 23.0 Å². The average molecular weight is 520 g/mol. The molecular formula is C31H34ClNO4. The first-order chi connectivity index (χ1) is 17.0. The fourth-order valence-electron chi connectivity index (χ4n) is 5.98. The number of rotatable bonds is 4. The quantitative estimate of drug-likeness (QED) is 0.497. The number of fused-ring (bicyclic) bond motifs is 2. The number of benzene rings is 2. The fourth-order valence-corrected chi connectivity index (χ4v) is 5.98. The van der Waals surface area contributed by atoms with E-state index in [4.69, 9.17) is 9.47 Å². The van der Waals surface area contributed by atoms with E-state index < -0.39 is 0 Å². The van der Waals surface area contributed by atoms with Gasteiger partial charge in [0.05, 0.1) is 25.3 Å². The number of pyridine rings is 1. The van der Waals surface area contributed by atoms with Crippen molar-refractivity contribution in [1.29, 1.82) is 0 Å². The van der Waals surface area contributed by atoms with Gasteiger partial charge < -0.3 is 21.9 Å². The van der Waals surface area contributed by atoms with Gasteiger partial charge in [0, 0.05) is 48.9 Å². The lowest BCUT2D eigenvalue weighted by Gasteiger charge is -2.35. The summed E-state index contributed by atoms with van der Waals surface area (Å²) in [6, 6.07) is 15.6. The normalized spacial score (nSPS) is 17.4. The molecule has 3 aromatic rings. The highest BCUT2D eigenvalue weighted by Crippen LogP contribution is 2.46. The summed E-state index contributed by atoms with van der Waals surface area (Å²) in [5.74, 6) is 1.58.